The van der Waals surface area contributed by atoms with Crippen molar-refractivity contribution < 1.29 is 9.53 Å². The number of methoxy groups -OCH3 is 1. The fourth-order valence-electron chi connectivity index (χ4n) is 2.09. The van der Waals surface area contributed by atoms with Gasteiger partial charge >= 0.3 is 0 Å². The summed E-state index contributed by atoms with van der Waals surface area (Å²) in [6.45, 7) is 0. The van der Waals surface area contributed by atoms with Crippen molar-refractivity contribution in [3.63, 3.8) is 0 Å². The van der Waals surface area contributed by atoms with E-state index in [9.17, 15) is 4.79 Å². The van der Waals surface area contributed by atoms with E-state index in [0.717, 1.165) is 35.1 Å². The lowest BCUT2D eigenvalue weighted by Crippen LogP contribution is -2.34. The summed E-state index contributed by atoms with van der Waals surface area (Å²) in [5.74, 6) is 0.623. The molecule has 0 fully saturated rings. The van der Waals surface area contributed by atoms with Crippen molar-refractivity contribution in [1.82, 2.24) is 0 Å². The average molecular weight is 371 g/mol. The molecule has 4 nitrogen and oxygen atoms in total. The first-order valence-electron chi connectivity index (χ1n) is 6.26. The van der Waals surface area contributed by atoms with Crippen LogP contribution in [0.2, 0.25) is 0 Å². The monoisotopic (exact) mass is 371 g/mol. The van der Waals surface area contributed by atoms with E-state index in [4.69, 9.17) is 4.74 Å². The van der Waals surface area contributed by atoms with Gasteiger partial charge in [-0.25, -0.2) is 0 Å². The zero-order chi connectivity index (χ0) is 13.7. The lowest BCUT2D eigenvalue weighted by atomic mass is 10.1. The molecule has 0 N–H and O–H groups in total. The zero-order valence-electron chi connectivity index (χ0n) is 10.8. The fourth-order valence-corrected chi connectivity index (χ4v) is 2.63. The predicted octanol–water partition coefficient (Wildman–Crippen LogP) is 2.92. The first-order valence-corrected chi connectivity index (χ1v) is 7.79. The lowest BCUT2D eigenvalue weighted by molar-refractivity contribution is -0.118. The van der Waals surface area contributed by atoms with Gasteiger partial charge in [-0.1, -0.05) is 47.2 Å². The lowest BCUT2D eigenvalue weighted by Gasteiger charge is -2.32. The molecule has 0 aromatic heterocycles. The quantitative estimate of drug-likeness (QED) is 0.334. The van der Waals surface area contributed by atoms with E-state index in [1.54, 1.807) is 12.0 Å². The Morgan fingerprint density at radius 2 is 2.21 bits per heavy atom. The van der Waals surface area contributed by atoms with Crippen molar-refractivity contribution in [2.75, 3.05) is 16.4 Å². The van der Waals surface area contributed by atoms with Gasteiger partial charge in [0.25, 0.3) is 0 Å². The van der Waals surface area contributed by atoms with Crippen LogP contribution in [-0.2, 0) is 4.79 Å². The Hall–Kier alpha value is -1.11. The van der Waals surface area contributed by atoms with E-state index in [-0.39, 0.29) is 11.9 Å². The highest BCUT2D eigenvalue weighted by Gasteiger charge is 2.22. The number of hydrogen-bond donors (Lipinski definition) is 0. The van der Waals surface area contributed by atoms with Gasteiger partial charge in [0.15, 0.2) is 5.91 Å². The molecule has 1 aromatic rings. The molecule has 2 rings (SSSR count). The van der Waals surface area contributed by atoms with Crippen LogP contribution < -0.4 is 9.64 Å². The fraction of sp³-hybridized carbons (Fsp3) is 0.429. The molecular weight excluding hydrogens is 355 g/mol. The molecule has 0 aliphatic carbocycles. The van der Waals surface area contributed by atoms with Gasteiger partial charge in [-0.2, -0.15) is 0 Å². The summed E-state index contributed by atoms with van der Waals surface area (Å²) in [6, 6.07) is 7.39. The molecule has 1 heterocycles. The molecule has 102 valence electrons. The smallest absolute Gasteiger partial charge is 0.164 e. The largest absolute Gasteiger partial charge is 0.507 e. The molecule has 0 saturated carbocycles. The minimum Gasteiger partial charge on any atom is -0.507 e. The highest BCUT2D eigenvalue weighted by Crippen LogP contribution is 2.31. The summed E-state index contributed by atoms with van der Waals surface area (Å²) in [7, 11) is 1.62. The Morgan fingerprint density at radius 3 is 2.95 bits per heavy atom. The third-order valence-corrected chi connectivity index (χ3v) is 3.83. The van der Waals surface area contributed by atoms with Crippen LogP contribution in [0.5, 0.6) is 5.75 Å². The number of amides is 1. The van der Waals surface area contributed by atoms with Gasteiger partial charge in [0.05, 0.1) is 12.9 Å². The molecule has 1 atom stereocenters. The number of rotatable bonds is 6. The predicted molar refractivity (Wildman–Crippen MR) is 84.4 cm³/mol. The average Bonchev–Trinajstić information content (AvgIpc) is 2.80. The van der Waals surface area contributed by atoms with Crippen molar-refractivity contribution >= 4 is 40.5 Å². The summed E-state index contributed by atoms with van der Waals surface area (Å²) in [5.41, 5.74) is 0.846. The van der Waals surface area contributed by atoms with E-state index in [1.165, 1.54) is 0 Å². The van der Waals surface area contributed by atoms with Gasteiger partial charge < -0.3 is 19.4 Å². The van der Waals surface area contributed by atoms with Crippen LogP contribution in [-0.4, -0.2) is 29.8 Å². The Balaban J connectivity index is 2.17. The van der Waals surface area contributed by atoms with Crippen LogP contribution in [0.3, 0.4) is 0 Å². The van der Waals surface area contributed by atoms with E-state index < -0.39 is 0 Å². The van der Waals surface area contributed by atoms with Crippen molar-refractivity contribution in [2.24, 2.45) is 4.99 Å². The second-order valence-electron chi connectivity index (χ2n) is 4.29. The molecule has 1 unspecified atom stereocenters. The van der Waals surface area contributed by atoms with E-state index in [1.807, 2.05) is 24.3 Å². The van der Waals surface area contributed by atoms with Crippen LogP contribution in [0, 0.1) is 0 Å². The number of halogens is 1. The number of alkyl halides is 1. The molecular formula is C14H16IN2O2-. The van der Waals surface area contributed by atoms with Crippen LogP contribution in [0.1, 0.15) is 19.3 Å². The molecule has 1 aliphatic heterocycles. The number of aliphatic imine (C=N–C) groups is 1. The number of anilines is 1. The number of nitrogens with zero attached hydrogens (tertiary/aromatic N) is 2. The van der Waals surface area contributed by atoms with Crippen LogP contribution in [0.15, 0.2) is 29.3 Å². The normalized spacial score (nSPS) is 18.1. The summed E-state index contributed by atoms with van der Waals surface area (Å²) in [4.78, 5) is 17.4. The number of benzene rings is 1. The van der Waals surface area contributed by atoms with Crippen molar-refractivity contribution in [1.29, 1.82) is 0 Å². The van der Waals surface area contributed by atoms with Gasteiger partial charge in [-0.3, -0.25) is 0 Å². The zero-order valence-corrected chi connectivity index (χ0v) is 13.0. The third kappa shape index (κ3) is 3.26. The highest BCUT2D eigenvalue weighted by molar-refractivity contribution is 14.1. The molecule has 1 aliphatic rings. The summed E-state index contributed by atoms with van der Waals surface area (Å²) in [5, 5.41) is 0. The number of para-hydroxylation sites is 2. The molecule has 0 radical (unpaired) electrons. The summed E-state index contributed by atoms with van der Waals surface area (Å²) < 4.78 is 6.44. The summed E-state index contributed by atoms with van der Waals surface area (Å²) in [6.07, 6.45) is 5.73. The van der Waals surface area contributed by atoms with Gasteiger partial charge in [-0.15, -0.1) is 0 Å². The molecule has 1 amide bonds. The van der Waals surface area contributed by atoms with Crippen LogP contribution >= 0.6 is 22.6 Å². The standard InChI is InChI=1S/C14H16IN2O2/c1-19-13-8-3-2-6-11(13)17-10-16-14(18)12(17)7-4-5-9-15/h2-3,6,8,12H,4-5,7,9H2,1H3/q-1. The first-order chi connectivity index (χ1) is 9.27. The maximum Gasteiger partial charge on any atom is 0.164 e. The Kier molecular flexibility index (Phi) is 5.18. The van der Waals surface area contributed by atoms with Gasteiger partial charge in [-0.05, 0) is 29.0 Å². The second kappa shape index (κ2) is 6.88. The Morgan fingerprint density at radius 1 is 1.42 bits per heavy atom. The molecule has 0 saturated heterocycles. The van der Waals surface area contributed by atoms with Crippen LogP contribution in [0.4, 0.5) is 5.69 Å². The molecule has 1 aromatic carbocycles. The van der Waals surface area contributed by atoms with Gasteiger partial charge in [0, 0.05) is 12.4 Å². The second-order valence-corrected chi connectivity index (χ2v) is 5.37. The first kappa shape index (κ1) is 14.3. The van der Waals surface area contributed by atoms with Gasteiger partial charge in [0.2, 0.25) is 0 Å². The van der Waals surface area contributed by atoms with Gasteiger partial charge in [0.1, 0.15) is 0 Å². The summed E-state index contributed by atoms with van der Waals surface area (Å²) >= 11 is 2.35. The van der Waals surface area contributed by atoms with Crippen molar-refractivity contribution in [3.8, 4) is 5.75 Å². The maximum absolute atomic E-state index is 11.8. The van der Waals surface area contributed by atoms with Crippen molar-refractivity contribution in [2.45, 2.75) is 25.3 Å². The van der Waals surface area contributed by atoms with E-state index in [2.05, 4.69) is 33.9 Å². The number of unbranched alkanes of at least 4 members (excludes halogenated alkanes) is 1. The third-order valence-electron chi connectivity index (χ3n) is 3.07. The maximum atomic E-state index is 11.8. The number of carbonyl (C=O) groups is 1. The van der Waals surface area contributed by atoms with E-state index in [0.29, 0.717) is 0 Å². The molecule has 0 bridgehead atoms. The molecule has 5 heteroatoms. The van der Waals surface area contributed by atoms with E-state index >= 15 is 0 Å². The molecule has 0 spiro atoms. The number of carbonyl (C=O) groups excluding carboxylic acids is 1. The minimum atomic E-state index is -0.237. The highest BCUT2D eigenvalue weighted by atomic mass is 127. The number of hydrogen-bond acceptors (Lipinski definition) is 3. The number of ether oxygens (including phenoxy) is 1. The minimum absolute atomic E-state index is 0.112. The topological polar surface area (TPSA) is 41.9 Å². The van der Waals surface area contributed by atoms with Crippen molar-refractivity contribution in [3.05, 3.63) is 24.3 Å². The Labute approximate surface area is 127 Å². The van der Waals surface area contributed by atoms with Crippen LogP contribution in [0.25, 0.3) is 0 Å². The Bertz CT molecular complexity index is 476. The molecule has 19 heavy (non-hydrogen) atoms. The SMILES string of the molecule is COc1ccccc1N1[C-]=NC(=O)C1CCCCI.